The number of rotatable bonds is 10. The fourth-order valence-electron chi connectivity index (χ4n) is 5.24. The van der Waals surface area contributed by atoms with Crippen molar-refractivity contribution in [1.29, 1.82) is 0 Å². The molecule has 11 nitrogen and oxygen atoms in total. The minimum absolute atomic E-state index is 0.0313. The molecule has 3 unspecified atom stereocenters. The summed E-state index contributed by atoms with van der Waals surface area (Å²) in [6, 6.07) is 13.5. The fraction of sp³-hybridized carbons (Fsp3) is 0.312. The first-order valence-electron chi connectivity index (χ1n) is 14.3. The number of sulfone groups is 1. The fourth-order valence-corrected chi connectivity index (χ4v) is 7.15. The smallest absolute Gasteiger partial charge is 0.335 e. The molecule has 0 bridgehead atoms. The van der Waals surface area contributed by atoms with Gasteiger partial charge in [-0.3, -0.25) is 9.59 Å². The minimum Gasteiger partial charge on any atom is -0.478 e. The number of carbonyl (C=O) groups excluding carboxylic acids is 3. The van der Waals surface area contributed by atoms with E-state index in [2.05, 4.69) is 16.0 Å². The molecule has 0 radical (unpaired) electrons. The third-order valence-electron chi connectivity index (χ3n) is 7.46. The van der Waals surface area contributed by atoms with Crippen molar-refractivity contribution in [3.05, 3.63) is 95.3 Å². The highest BCUT2D eigenvalue weighted by Crippen LogP contribution is 2.43. The Morgan fingerprint density at radius 2 is 1.67 bits per heavy atom. The first-order valence-corrected chi connectivity index (χ1v) is 15.9. The predicted molar refractivity (Wildman–Crippen MR) is 165 cm³/mol. The highest BCUT2D eigenvalue weighted by Gasteiger charge is 2.53. The van der Waals surface area contributed by atoms with E-state index in [4.69, 9.17) is 0 Å². The molecule has 4 N–H and O–H groups in total. The van der Waals surface area contributed by atoms with Crippen molar-refractivity contribution < 1.29 is 37.1 Å². The number of amides is 4. The van der Waals surface area contributed by atoms with Gasteiger partial charge in [-0.2, -0.15) is 0 Å². The van der Waals surface area contributed by atoms with Crippen molar-refractivity contribution in [3.63, 3.8) is 0 Å². The van der Waals surface area contributed by atoms with Crippen molar-refractivity contribution in [1.82, 2.24) is 15.5 Å². The van der Waals surface area contributed by atoms with Crippen LogP contribution in [0.2, 0.25) is 0 Å². The molecule has 0 aromatic heterocycles. The number of hydrogen-bond donors (Lipinski definition) is 4. The van der Waals surface area contributed by atoms with E-state index in [1.807, 2.05) is 13.8 Å². The molecule has 13 heteroatoms. The number of urea groups is 1. The summed E-state index contributed by atoms with van der Waals surface area (Å²) in [6.07, 6.45) is -0.306. The second kappa shape index (κ2) is 13.9. The van der Waals surface area contributed by atoms with Gasteiger partial charge in [-0.15, -0.1) is 0 Å². The van der Waals surface area contributed by atoms with Gasteiger partial charge in [-0.05, 0) is 55.7 Å². The molecule has 238 valence electrons. The summed E-state index contributed by atoms with van der Waals surface area (Å²) in [5.74, 6) is -3.31. The number of anilines is 1. The summed E-state index contributed by atoms with van der Waals surface area (Å²) in [5.41, 5.74) is 0.832. The van der Waals surface area contributed by atoms with Crippen LogP contribution in [0.5, 0.6) is 0 Å². The Kier molecular flexibility index (Phi) is 10.2. The summed E-state index contributed by atoms with van der Waals surface area (Å²) in [4.78, 5) is 52.3. The summed E-state index contributed by atoms with van der Waals surface area (Å²) >= 11 is 0. The number of benzene rings is 3. The molecule has 3 aromatic rings. The lowest BCUT2D eigenvalue weighted by molar-refractivity contribution is -0.139. The quantitative estimate of drug-likeness (QED) is 0.262. The average Bonchev–Trinajstić information content (AvgIpc) is 3.41. The predicted octanol–water partition coefficient (Wildman–Crippen LogP) is 3.91. The van der Waals surface area contributed by atoms with Crippen molar-refractivity contribution in [2.75, 3.05) is 18.4 Å². The van der Waals surface area contributed by atoms with Crippen LogP contribution in [0.3, 0.4) is 0 Å². The third kappa shape index (κ3) is 7.66. The van der Waals surface area contributed by atoms with E-state index in [-0.39, 0.29) is 40.6 Å². The second-order valence-corrected chi connectivity index (χ2v) is 13.4. The summed E-state index contributed by atoms with van der Waals surface area (Å²) in [5, 5.41) is 15.4. The number of carboxylic acid groups (broad SMARTS) is 1. The third-order valence-corrected chi connectivity index (χ3v) is 9.63. The molecule has 0 aliphatic carbocycles. The first-order chi connectivity index (χ1) is 21.3. The van der Waals surface area contributed by atoms with E-state index in [0.29, 0.717) is 0 Å². The average molecular weight is 639 g/mol. The number of likely N-dealkylation sites (tertiary alicyclic amines) is 1. The molecule has 4 rings (SSSR count). The van der Waals surface area contributed by atoms with Crippen LogP contribution in [0.25, 0.3) is 0 Å². The number of nitrogens with zero attached hydrogens (tertiary/aromatic N) is 1. The Morgan fingerprint density at radius 1 is 0.978 bits per heavy atom. The lowest BCUT2D eigenvalue weighted by Crippen LogP contribution is -2.50. The number of carbonyl (C=O) groups is 4. The van der Waals surface area contributed by atoms with Gasteiger partial charge in [0, 0.05) is 17.8 Å². The molecule has 1 saturated heterocycles. The summed E-state index contributed by atoms with van der Waals surface area (Å²) in [6.45, 7) is 5.14. The Morgan fingerprint density at radius 3 is 2.31 bits per heavy atom. The molecule has 45 heavy (non-hydrogen) atoms. The standard InChI is InChI=1S/C32H35FN4O7S/c1-19(2)17-34-30(39)26-16-27(45(43,44)23-13-11-20(3)12-14-23)29(24-9-4-5-10-25(24)33)37(26)28(38)18-35-32(42)36-22-8-6-7-21(15-22)31(40)41/h4-15,19,26-27,29H,16-18H2,1-3H3,(H,34,39)(H,40,41)(H2,35,36,42). The second-order valence-electron chi connectivity index (χ2n) is 11.2. The Bertz CT molecular complexity index is 1700. The van der Waals surface area contributed by atoms with Gasteiger partial charge in [0.2, 0.25) is 11.8 Å². The van der Waals surface area contributed by atoms with E-state index in [0.717, 1.165) is 16.5 Å². The number of halogens is 1. The topological polar surface area (TPSA) is 162 Å². The zero-order valence-corrected chi connectivity index (χ0v) is 25.8. The SMILES string of the molecule is Cc1ccc(S(=O)(=O)C2CC(C(=O)NCC(C)C)N(C(=O)CNC(=O)Nc3cccc(C(=O)O)c3)C2c2ccccc2F)cc1. The van der Waals surface area contributed by atoms with Crippen LogP contribution in [0, 0.1) is 18.7 Å². The highest BCUT2D eigenvalue weighted by atomic mass is 32.2. The molecule has 4 amide bonds. The van der Waals surface area contributed by atoms with Crippen LogP contribution in [0.4, 0.5) is 14.9 Å². The van der Waals surface area contributed by atoms with Crippen LogP contribution >= 0.6 is 0 Å². The Labute approximate surface area is 260 Å². The summed E-state index contributed by atoms with van der Waals surface area (Å²) in [7, 11) is -4.20. The number of carboxylic acids is 1. The van der Waals surface area contributed by atoms with Crippen LogP contribution < -0.4 is 16.0 Å². The number of aryl methyl sites for hydroxylation is 1. The lowest BCUT2D eigenvalue weighted by Gasteiger charge is -2.32. The van der Waals surface area contributed by atoms with Gasteiger partial charge < -0.3 is 26.0 Å². The molecule has 1 aliphatic rings. The van der Waals surface area contributed by atoms with Crippen molar-refractivity contribution in [3.8, 4) is 0 Å². The molecular formula is C32H35FN4O7S. The minimum atomic E-state index is -4.20. The Balaban J connectivity index is 1.69. The molecule has 1 aliphatic heterocycles. The first kappa shape index (κ1) is 33.1. The van der Waals surface area contributed by atoms with Gasteiger partial charge in [-0.1, -0.05) is 55.8 Å². The van der Waals surface area contributed by atoms with E-state index in [1.54, 1.807) is 19.1 Å². The zero-order valence-electron chi connectivity index (χ0n) is 25.0. The van der Waals surface area contributed by atoms with Crippen LogP contribution in [0.1, 0.15) is 47.8 Å². The van der Waals surface area contributed by atoms with Gasteiger partial charge in [0.15, 0.2) is 9.84 Å². The molecule has 1 fully saturated rings. The number of hydrogen-bond acceptors (Lipinski definition) is 6. The molecule has 0 spiro atoms. The molecule has 1 heterocycles. The maximum absolute atomic E-state index is 15.4. The monoisotopic (exact) mass is 638 g/mol. The molecule has 0 saturated carbocycles. The van der Waals surface area contributed by atoms with Gasteiger partial charge >= 0.3 is 12.0 Å². The van der Waals surface area contributed by atoms with Crippen molar-refractivity contribution in [2.24, 2.45) is 5.92 Å². The highest BCUT2D eigenvalue weighted by molar-refractivity contribution is 7.92. The van der Waals surface area contributed by atoms with Crippen LogP contribution in [0.15, 0.2) is 77.7 Å². The zero-order chi connectivity index (χ0) is 32.9. The van der Waals surface area contributed by atoms with E-state index in [9.17, 15) is 32.7 Å². The number of aromatic carboxylic acids is 1. The normalized spacial score (nSPS) is 18.0. The summed E-state index contributed by atoms with van der Waals surface area (Å²) < 4.78 is 43.5. The van der Waals surface area contributed by atoms with Gasteiger partial charge in [0.05, 0.1) is 28.3 Å². The van der Waals surface area contributed by atoms with E-state index in [1.165, 1.54) is 54.6 Å². The number of nitrogens with one attached hydrogen (secondary N) is 3. The molecule has 3 aromatic carbocycles. The van der Waals surface area contributed by atoms with Gasteiger partial charge in [0.25, 0.3) is 0 Å². The van der Waals surface area contributed by atoms with Gasteiger partial charge in [-0.25, -0.2) is 22.4 Å². The van der Waals surface area contributed by atoms with E-state index < -0.39 is 63.3 Å². The van der Waals surface area contributed by atoms with Crippen LogP contribution in [-0.2, 0) is 19.4 Å². The largest absolute Gasteiger partial charge is 0.478 e. The van der Waals surface area contributed by atoms with Crippen molar-refractivity contribution in [2.45, 2.75) is 49.4 Å². The maximum atomic E-state index is 15.4. The van der Waals surface area contributed by atoms with E-state index >= 15 is 4.39 Å². The van der Waals surface area contributed by atoms with Crippen molar-refractivity contribution >= 4 is 39.3 Å². The molecule has 3 atom stereocenters. The lowest BCUT2D eigenvalue weighted by atomic mass is 10.0. The molecular weight excluding hydrogens is 603 g/mol. The maximum Gasteiger partial charge on any atom is 0.335 e. The van der Waals surface area contributed by atoms with Crippen LogP contribution in [-0.4, -0.2) is 66.6 Å². The Hall–Kier alpha value is -4.78. The van der Waals surface area contributed by atoms with Gasteiger partial charge in [0.1, 0.15) is 11.9 Å².